The summed E-state index contributed by atoms with van der Waals surface area (Å²) in [5, 5.41) is 63.9. The monoisotopic (exact) mass is 1400 g/mol. The number of hydrogen-bond acceptors (Lipinski definition) is 18. The van der Waals surface area contributed by atoms with Crippen molar-refractivity contribution < 1.29 is 87.5 Å². The molecule has 12 N–H and O–H groups in total. The second-order valence-corrected chi connectivity index (χ2v) is 27.4. The molecule has 1 aromatic rings. The van der Waals surface area contributed by atoms with Gasteiger partial charge in [-0.2, -0.15) is 0 Å². The van der Waals surface area contributed by atoms with Gasteiger partial charge in [-0.15, -0.1) is 0 Å². The number of aliphatic hydroxyl groups excluding tert-OH is 4. The molecule has 32 nitrogen and oxygen atoms in total. The molecule has 1 aliphatic heterocycles. The minimum atomic E-state index is -1.75. The summed E-state index contributed by atoms with van der Waals surface area (Å²) in [4.78, 5) is 205. The van der Waals surface area contributed by atoms with E-state index in [4.69, 9.17) is 0 Å². The van der Waals surface area contributed by atoms with Crippen molar-refractivity contribution in [2.24, 2.45) is 35.5 Å². The lowest BCUT2D eigenvalue weighted by Gasteiger charge is -2.37. The fourth-order valence-electron chi connectivity index (χ4n) is 11.3. The van der Waals surface area contributed by atoms with Crippen LogP contribution in [0.3, 0.4) is 0 Å². The number of nitrogens with zero attached hydrogens (tertiary/aromatic N) is 6. The molecule has 2 rings (SSSR count). The maximum atomic E-state index is 14.7. The van der Waals surface area contributed by atoms with Crippen LogP contribution in [0.15, 0.2) is 30.3 Å². The Labute approximate surface area is 581 Å². The second kappa shape index (κ2) is 39.4. The fraction of sp³-hybridized carbons (Fsp3) is 0.701. The second-order valence-electron chi connectivity index (χ2n) is 27.4. The molecule has 0 spiro atoms. The van der Waals surface area contributed by atoms with Gasteiger partial charge < -0.3 is 92.4 Å². The first-order valence-corrected chi connectivity index (χ1v) is 33.5. The van der Waals surface area contributed by atoms with Crippen LogP contribution in [-0.4, -0.2) is 286 Å². The number of benzene rings is 1. The normalized spacial score (nSPS) is 27.3. The van der Waals surface area contributed by atoms with Gasteiger partial charge in [-0.05, 0) is 61.8 Å². The highest BCUT2D eigenvalue weighted by atomic mass is 16.3. The summed E-state index contributed by atoms with van der Waals surface area (Å²) < 4.78 is 0. The molecule has 14 amide bonds. The van der Waals surface area contributed by atoms with Crippen LogP contribution in [0.5, 0.6) is 0 Å². The Balaban J connectivity index is 2.85. The molecule has 558 valence electrons. The van der Waals surface area contributed by atoms with Crippen molar-refractivity contribution in [1.29, 1.82) is 0 Å². The van der Waals surface area contributed by atoms with Crippen LogP contribution in [0, 0.1) is 35.5 Å². The number of likely N-dealkylation sites (N-methyl/N-ethyl adjacent to an activating group) is 6. The van der Waals surface area contributed by atoms with Gasteiger partial charge in [-0.25, -0.2) is 0 Å². The van der Waals surface area contributed by atoms with Crippen LogP contribution in [0.1, 0.15) is 116 Å². The number of hydrogen-bond donors (Lipinski definition) is 12. The molecule has 1 heterocycles. The molecule has 99 heavy (non-hydrogen) atoms. The lowest BCUT2D eigenvalue weighted by Crippen LogP contribution is -2.64. The molecular weight excluding hydrogens is 1290 g/mol. The van der Waals surface area contributed by atoms with E-state index in [9.17, 15) is 87.5 Å². The van der Waals surface area contributed by atoms with Crippen LogP contribution in [0.25, 0.3) is 0 Å². The molecule has 15 atom stereocenters. The van der Waals surface area contributed by atoms with E-state index in [1.807, 2.05) is 0 Å². The maximum Gasteiger partial charge on any atom is 0.248 e. The van der Waals surface area contributed by atoms with Crippen LogP contribution >= 0.6 is 0 Å². The predicted molar refractivity (Wildman–Crippen MR) is 364 cm³/mol. The van der Waals surface area contributed by atoms with Gasteiger partial charge in [0.05, 0.1) is 38.5 Å². The molecule has 1 saturated heterocycles. The Morgan fingerprint density at radius 2 is 0.727 bits per heavy atom. The minimum Gasteiger partial charge on any atom is -0.394 e. The van der Waals surface area contributed by atoms with Crippen molar-refractivity contribution in [3.05, 3.63) is 35.9 Å². The summed E-state index contributed by atoms with van der Waals surface area (Å²) in [6.45, 7) is 19.4. The zero-order valence-electron chi connectivity index (χ0n) is 61.4. The summed E-state index contributed by atoms with van der Waals surface area (Å²) in [5.41, 5.74) is 0.574. The van der Waals surface area contributed by atoms with Crippen LogP contribution in [0.4, 0.5) is 0 Å². The molecule has 1 aromatic carbocycles. The van der Waals surface area contributed by atoms with Crippen LogP contribution in [0.2, 0.25) is 0 Å². The van der Waals surface area contributed by atoms with Gasteiger partial charge in [-0.3, -0.25) is 67.1 Å². The van der Waals surface area contributed by atoms with Crippen molar-refractivity contribution in [3.63, 3.8) is 0 Å². The average Bonchev–Trinajstić information content (AvgIpc) is 0.826. The van der Waals surface area contributed by atoms with Crippen molar-refractivity contribution in [1.82, 2.24) is 71.9 Å². The number of aliphatic hydroxyl groups is 4. The van der Waals surface area contributed by atoms with Crippen molar-refractivity contribution in [2.45, 2.75) is 201 Å². The predicted octanol–water partition coefficient (Wildman–Crippen LogP) is -3.56. The molecule has 32 heteroatoms. The summed E-state index contributed by atoms with van der Waals surface area (Å²) >= 11 is 0. The minimum absolute atomic E-state index is 0.125. The average molecular weight is 1400 g/mol. The number of nitrogens with one attached hydrogen (secondary N) is 8. The van der Waals surface area contributed by atoms with Gasteiger partial charge in [0.2, 0.25) is 82.7 Å². The smallest absolute Gasteiger partial charge is 0.248 e. The lowest BCUT2D eigenvalue weighted by atomic mass is 9.95. The van der Waals surface area contributed by atoms with E-state index in [1.165, 1.54) is 63.1 Å². The van der Waals surface area contributed by atoms with E-state index in [-0.39, 0.29) is 12.8 Å². The van der Waals surface area contributed by atoms with E-state index >= 15 is 0 Å². The molecule has 1 fully saturated rings. The quantitative estimate of drug-likeness (QED) is 0.0909. The largest absolute Gasteiger partial charge is 0.394 e. The highest BCUT2D eigenvalue weighted by Gasteiger charge is 2.45. The third kappa shape index (κ3) is 23.4. The first kappa shape index (κ1) is 86.7. The van der Waals surface area contributed by atoms with Crippen molar-refractivity contribution in [3.8, 4) is 0 Å². The van der Waals surface area contributed by atoms with Crippen molar-refractivity contribution in [2.75, 3.05) is 68.6 Å². The van der Waals surface area contributed by atoms with Gasteiger partial charge in [0.15, 0.2) is 0 Å². The van der Waals surface area contributed by atoms with Crippen LogP contribution in [-0.2, 0) is 73.5 Å². The molecular formula is C67H112N14O18. The number of amides is 14. The van der Waals surface area contributed by atoms with Gasteiger partial charge >= 0.3 is 0 Å². The Kier molecular flexibility index (Phi) is 34.5. The standard InChI is InChI=1S/C67H112N14O18/c1-22-38(12)53-59(91)70-43(31-82)57(89)73-51(36(8)9)65(97)77(17)44(28-42-26-24-23-25-27-42)58(90)69-30-47(87)72-49(34(4)5)66(98)80(20)54(40(14)84)61(93)75-52(37(10)11)67(99)81(21)55(41(15)85)60(92)74-50(35(6)7)63(95)76(16)39(13)56(88)68-29-46(86)71-48(33(2)3)64(96)78(18)45(32-83)62(94)79(53)19/h23-27,33-41,43-45,48-55,82-85H,22,28-32H2,1-21H3,(H,68,88)(H,69,90)(H,70,91)(H,71,86)(H,72,87)(H,73,89)(H,74,92)(H,75,93)/t38-,39-,40-,41-,43+,44-,45+,48+,49+,50+,51+,52+,53+,54+,55+/m1/s1. The van der Waals surface area contributed by atoms with Gasteiger partial charge in [0.25, 0.3) is 0 Å². The van der Waals surface area contributed by atoms with Gasteiger partial charge in [0.1, 0.15) is 72.5 Å². The highest BCUT2D eigenvalue weighted by Crippen LogP contribution is 2.21. The van der Waals surface area contributed by atoms with Gasteiger partial charge in [0, 0.05) is 48.7 Å². The third-order valence-corrected chi connectivity index (χ3v) is 18.0. The Hall–Kier alpha value is -8.36. The number of carbonyl (C=O) groups excluding carboxylic acids is 14. The van der Waals surface area contributed by atoms with E-state index in [2.05, 4.69) is 42.5 Å². The number of rotatable bonds is 13. The lowest BCUT2D eigenvalue weighted by molar-refractivity contribution is -0.152. The Bertz CT molecular complexity index is 2990. The van der Waals surface area contributed by atoms with E-state index < -0.39 is 229 Å². The molecule has 0 radical (unpaired) electrons. The fourth-order valence-corrected chi connectivity index (χ4v) is 11.3. The third-order valence-electron chi connectivity index (χ3n) is 18.0. The molecule has 0 aliphatic carbocycles. The topological polar surface area (TPSA) is 436 Å². The zero-order valence-corrected chi connectivity index (χ0v) is 61.4. The van der Waals surface area contributed by atoms with E-state index in [1.54, 1.807) is 113 Å². The molecule has 0 saturated carbocycles. The van der Waals surface area contributed by atoms with Crippen LogP contribution < -0.4 is 42.5 Å². The molecule has 1 aliphatic rings. The highest BCUT2D eigenvalue weighted by molar-refractivity contribution is 6.00. The Morgan fingerprint density at radius 3 is 1.09 bits per heavy atom. The first-order valence-electron chi connectivity index (χ1n) is 33.5. The van der Waals surface area contributed by atoms with E-state index in [0.717, 1.165) is 29.4 Å². The molecule has 0 aromatic heterocycles. The summed E-state index contributed by atoms with van der Waals surface area (Å²) in [5.74, 6) is -17.0. The first-order chi connectivity index (χ1) is 46.0. The summed E-state index contributed by atoms with van der Waals surface area (Å²) in [6, 6.07) is -9.57. The number of carbonyl (C=O) groups is 14. The zero-order chi connectivity index (χ0) is 76.1. The maximum absolute atomic E-state index is 14.7. The Morgan fingerprint density at radius 1 is 0.394 bits per heavy atom. The molecule has 0 unspecified atom stereocenters. The SMILES string of the molecule is CC[C@@H](C)[C@H]1C(=O)N[C@@H](CO)C(=O)N[C@@H](C(C)C)C(=O)N(C)[C@H](Cc2ccccc2)C(=O)NCC(=O)N[C@@H](C(C)C)C(=O)N(C)[C@@H]([C@@H](C)O)C(=O)N[C@@H](C(C)C)C(=O)N(C)[C@@H]([C@@H](C)O)C(=O)N[C@@H](C(C)C)C(=O)N(C)[C@H](C)C(=O)NCC(=O)N[C@@H](C(C)C)C(=O)N(C)[C@@H](CO)C(=O)N1C. The summed E-state index contributed by atoms with van der Waals surface area (Å²) in [6.07, 6.45) is -3.10. The van der Waals surface area contributed by atoms with Gasteiger partial charge in [-0.1, -0.05) is 120 Å². The summed E-state index contributed by atoms with van der Waals surface area (Å²) in [7, 11) is 7.35. The van der Waals surface area contributed by atoms with E-state index in [0.29, 0.717) is 5.56 Å². The van der Waals surface area contributed by atoms with Crippen molar-refractivity contribution >= 4 is 82.7 Å². The molecule has 0 bridgehead atoms.